The summed E-state index contributed by atoms with van der Waals surface area (Å²) in [6.07, 6.45) is 10.2. The lowest BCUT2D eigenvalue weighted by molar-refractivity contribution is 0.272. The third-order valence-electron chi connectivity index (χ3n) is 4.59. The van der Waals surface area contributed by atoms with E-state index in [4.69, 9.17) is 9.16 Å². The van der Waals surface area contributed by atoms with Gasteiger partial charge in [-0.05, 0) is 51.4 Å². The van der Waals surface area contributed by atoms with E-state index in [-0.39, 0.29) is 5.60 Å². The van der Waals surface area contributed by atoms with Crippen LogP contribution in [0.15, 0.2) is 36.4 Å². The molecule has 1 heterocycles. The van der Waals surface area contributed by atoms with Gasteiger partial charge in [-0.25, -0.2) is 0 Å². The van der Waals surface area contributed by atoms with Crippen LogP contribution in [0.25, 0.3) is 5.76 Å². The van der Waals surface area contributed by atoms with Crippen molar-refractivity contribution in [3.05, 3.63) is 42.0 Å². The maximum atomic E-state index is 6.32. The van der Waals surface area contributed by atoms with Crippen LogP contribution in [0.3, 0.4) is 0 Å². The lowest BCUT2D eigenvalue weighted by Gasteiger charge is -2.22. The summed E-state index contributed by atoms with van der Waals surface area (Å²) in [7, 11) is -1.60. The molecule has 3 heteroatoms. The molecule has 1 saturated carbocycles. The lowest BCUT2D eigenvalue weighted by atomic mass is 9.86. The van der Waals surface area contributed by atoms with Gasteiger partial charge in [0.25, 0.3) is 0 Å². The van der Waals surface area contributed by atoms with Crippen LogP contribution >= 0.6 is 0 Å². The van der Waals surface area contributed by atoms with E-state index in [1.165, 1.54) is 31.2 Å². The number of fused-ring (bicyclic) bond motifs is 1. The summed E-state index contributed by atoms with van der Waals surface area (Å²) in [5.41, 5.74) is 1.41. The zero-order valence-corrected chi connectivity index (χ0v) is 15.1. The van der Waals surface area contributed by atoms with Crippen LogP contribution in [0, 0.1) is 0 Å². The Morgan fingerprint density at radius 3 is 2.73 bits per heavy atom. The van der Waals surface area contributed by atoms with Crippen molar-refractivity contribution in [2.24, 2.45) is 0 Å². The summed E-state index contributed by atoms with van der Waals surface area (Å²) in [6.45, 7) is 6.72. The van der Waals surface area contributed by atoms with E-state index in [1.807, 2.05) is 0 Å². The van der Waals surface area contributed by atoms with Crippen molar-refractivity contribution in [3.8, 4) is 0 Å². The fourth-order valence-electron chi connectivity index (χ4n) is 3.49. The Hall–Kier alpha value is -1.06. The summed E-state index contributed by atoms with van der Waals surface area (Å²) in [5, 5.41) is 0. The van der Waals surface area contributed by atoms with Crippen LogP contribution in [0.5, 0.6) is 0 Å². The summed E-state index contributed by atoms with van der Waals surface area (Å²) in [6, 6.07) is 10.5. The average molecular weight is 317 g/mol. The molecule has 1 aliphatic carbocycles. The second kappa shape index (κ2) is 6.21. The van der Waals surface area contributed by atoms with E-state index in [1.54, 1.807) is 0 Å². The quantitative estimate of drug-likeness (QED) is 0.400. The first-order valence-electron chi connectivity index (χ1n) is 8.61. The van der Waals surface area contributed by atoms with Crippen LogP contribution in [-0.2, 0) is 9.16 Å². The van der Waals surface area contributed by atoms with Crippen molar-refractivity contribution in [2.75, 3.05) is 0 Å². The monoisotopic (exact) mass is 316 g/mol. The van der Waals surface area contributed by atoms with Gasteiger partial charge in [0.15, 0.2) is 0 Å². The molecule has 0 radical (unpaired) electrons. The van der Waals surface area contributed by atoms with Gasteiger partial charge in [-0.1, -0.05) is 43.2 Å². The molecule has 2 aliphatic rings. The van der Waals surface area contributed by atoms with Crippen molar-refractivity contribution in [2.45, 2.75) is 69.9 Å². The van der Waals surface area contributed by atoms with E-state index in [9.17, 15) is 0 Å². The third-order valence-corrected chi connectivity index (χ3v) is 5.43. The number of ether oxygens (including phenoxy) is 1. The first-order chi connectivity index (χ1) is 10.5. The van der Waals surface area contributed by atoms with Crippen molar-refractivity contribution in [1.29, 1.82) is 0 Å². The number of hydrogen-bond acceptors (Lipinski definition) is 2. The molecule has 0 unspecified atom stereocenters. The molecule has 22 heavy (non-hydrogen) atoms. The predicted molar refractivity (Wildman–Crippen MR) is 94.2 cm³/mol. The smallest absolute Gasteiger partial charge is 0.242 e. The van der Waals surface area contributed by atoms with E-state index in [0.717, 1.165) is 18.6 Å². The number of allylic oxidation sites excluding steroid dienone is 1. The Kier molecular flexibility index (Phi) is 4.46. The number of hydrogen-bond donors (Lipinski definition) is 0. The minimum absolute atomic E-state index is 0.218. The summed E-state index contributed by atoms with van der Waals surface area (Å²) in [4.78, 5) is 0. The van der Waals surface area contributed by atoms with Crippen molar-refractivity contribution < 1.29 is 9.16 Å². The molecule has 120 valence electrons. The molecule has 0 aromatic heterocycles. The molecule has 1 aromatic carbocycles. The van der Waals surface area contributed by atoms with Crippen LogP contribution in [-0.4, -0.2) is 20.0 Å². The number of rotatable bonds is 6. The average Bonchev–Trinajstić information content (AvgIpc) is 3.20. The van der Waals surface area contributed by atoms with Gasteiger partial charge in [-0.3, -0.25) is 0 Å². The fraction of sp³-hybridized carbons (Fsp3) is 0.579. The highest BCUT2D eigenvalue weighted by Crippen LogP contribution is 2.50. The normalized spacial score (nSPS) is 28.1. The summed E-state index contributed by atoms with van der Waals surface area (Å²) in [5.74, 6) is 1.06. The van der Waals surface area contributed by atoms with Gasteiger partial charge in [-0.2, -0.15) is 0 Å². The highest BCUT2D eigenvalue weighted by Gasteiger charge is 2.55. The van der Waals surface area contributed by atoms with Gasteiger partial charge in [0, 0.05) is 5.56 Å². The van der Waals surface area contributed by atoms with Gasteiger partial charge in [0.2, 0.25) is 8.32 Å². The summed E-state index contributed by atoms with van der Waals surface area (Å²) < 4.78 is 12.3. The molecule has 1 aromatic rings. The Balaban J connectivity index is 1.66. The molecule has 0 bridgehead atoms. The zero-order chi connectivity index (χ0) is 15.6. The number of benzene rings is 1. The lowest BCUT2D eigenvalue weighted by Crippen LogP contribution is -2.24. The first-order valence-corrected chi connectivity index (χ1v) is 12.0. The maximum absolute atomic E-state index is 6.32. The molecule has 0 N–H and O–H groups in total. The standard InChI is InChI=1S/C19H28O2Si/c1-22(2,3)21-17(16-10-5-4-6-11-16)12-9-15-19-14-8-7-13-18(19)20-19/h4-6,10-12,18H,7-9,13-15H2,1-3H3/b17-12-/t18-,19-/m0/s1. The van der Waals surface area contributed by atoms with Gasteiger partial charge in [0.05, 0.1) is 11.7 Å². The highest BCUT2D eigenvalue weighted by atomic mass is 28.4. The molecule has 3 rings (SSSR count). The van der Waals surface area contributed by atoms with Gasteiger partial charge in [-0.15, -0.1) is 0 Å². The Morgan fingerprint density at radius 2 is 2.05 bits per heavy atom. The van der Waals surface area contributed by atoms with Crippen molar-refractivity contribution in [3.63, 3.8) is 0 Å². The SMILES string of the molecule is C[Si](C)(C)O/C(=C\CC[C@@]12CCCC[C@@H]1O2)c1ccccc1. The van der Waals surface area contributed by atoms with E-state index >= 15 is 0 Å². The topological polar surface area (TPSA) is 21.8 Å². The minimum Gasteiger partial charge on any atom is -0.544 e. The Morgan fingerprint density at radius 1 is 1.27 bits per heavy atom. The second-order valence-electron chi connectivity index (χ2n) is 7.60. The zero-order valence-electron chi connectivity index (χ0n) is 14.1. The van der Waals surface area contributed by atoms with Crippen LogP contribution in [0.2, 0.25) is 19.6 Å². The van der Waals surface area contributed by atoms with Crippen LogP contribution in [0.1, 0.15) is 44.1 Å². The second-order valence-corrected chi connectivity index (χ2v) is 12.0. The largest absolute Gasteiger partial charge is 0.544 e. The van der Waals surface area contributed by atoms with E-state index in [2.05, 4.69) is 56.0 Å². The molecule has 1 saturated heterocycles. The van der Waals surface area contributed by atoms with Gasteiger partial charge in [0.1, 0.15) is 5.76 Å². The molecule has 2 nitrogen and oxygen atoms in total. The van der Waals surface area contributed by atoms with Crippen molar-refractivity contribution >= 4 is 14.1 Å². The van der Waals surface area contributed by atoms with Crippen molar-refractivity contribution in [1.82, 2.24) is 0 Å². The van der Waals surface area contributed by atoms with E-state index in [0.29, 0.717) is 6.10 Å². The molecule has 0 spiro atoms. The molecular formula is C19H28O2Si. The molecule has 0 amide bonds. The third kappa shape index (κ3) is 3.82. The Labute approximate surface area is 135 Å². The summed E-state index contributed by atoms with van der Waals surface area (Å²) >= 11 is 0. The van der Waals surface area contributed by atoms with Gasteiger partial charge < -0.3 is 9.16 Å². The molecule has 2 fully saturated rings. The molecule has 1 aliphatic heterocycles. The predicted octanol–water partition coefficient (Wildman–Crippen LogP) is 5.37. The van der Waals surface area contributed by atoms with Crippen LogP contribution in [0.4, 0.5) is 0 Å². The highest BCUT2D eigenvalue weighted by molar-refractivity contribution is 6.70. The van der Waals surface area contributed by atoms with E-state index < -0.39 is 8.32 Å². The fourth-order valence-corrected chi connectivity index (χ4v) is 4.35. The maximum Gasteiger partial charge on any atom is 0.242 e. The molecular weight excluding hydrogens is 288 g/mol. The van der Waals surface area contributed by atoms with Crippen LogP contribution < -0.4 is 0 Å². The minimum atomic E-state index is -1.60. The Bertz CT molecular complexity index is 532. The first kappa shape index (κ1) is 15.8. The molecule has 2 atom stereocenters. The number of epoxide rings is 1. The van der Waals surface area contributed by atoms with Gasteiger partial charge >= 0.3 is 0 Å².